The molecule has 2 aromatic heterocycles. The zero-order valence-electron chi connectivity index (χ0n) is 12.4. The molecule has 8 nitrogen and oxygen atoms in total. The quantitative estimate of drug-likeness (QED) is 0.651. The van der Waals surface area contributed by atoms with E-state index in [2.05, 4.69) is 30.6 Å². The van der Waals surface area contributed by atoms with Crippen LogP contribution in [0.3, 0.4) is 0 Å². The van der Waals surface area contributed by atoms with Crippen LogP contribution in [0.4, 0.5) is 17.5 Å². The highest BCUT2D eigenvalue weighted by Gasteiger charge is 2.08. The monoisotopic (exact) mass is 309 g/mol. The Bertz CT molecular complexity index is 865. The Labute approximate surface area is 132 Å². The summed E-state index contributed by atoms with van der Waals surface area (Å²) >= 11 is 0. The molecule has 116 valence electrons. The first-order valence-electron chi connectivity index (χ1n) is 6.95. The SMILES string of the molecule is Cc1cccc(Nc2ncnc3cnc(NCC(N)=O)nc23)c1. The van der Waals surface area contributed by atoms with E-state index in [1.807, 2.05) is 31.2 Å². The van der Waals surface area contributed by atoms with Crippen LogP contribution in [0.15, 0.2) is 36.8 Å². The van der Waals surface area contributed by atoms with Crippen LogP contribution in [0.5, 0.6) is 0 Å². The number of aromatic nitrogens is 4. The summed E-state index contributed by atoms with van der Waals surface area (Å²) in [5.41, 5.74) is 8.28. The Balaban J connectivity index is 1.95. The molecule has 8 heteroatoms. The Morgan fingerprint density at radius 2 is 2.13 bits per heavy atom. The topological polar surface area (TPSA) is 119 Å². The van der Waals surface area contributed by atoms with Crippen molar-refractivity contribution < 1.29 is 4.79 Å². The molecule has 0 atom stereocenters. The van der Waals surface area contributed by atoms with Gasteiger partial charge in [-0.15, -0.1) is 0 Å². The van der Waals surface area contributed by atoms with Crippen molar-refractivity contribution in [2.45, 2.75) is 6.92 Å². The van der Waals surface area contributed by atoms with Crippen LogP contribution in [0.25, 0.3) is 11.0 Å². The smallest absolute Gasteiger partial charge is 0.236 e. The minimum atomic E-state index is -0.490. The van der Waals surface area contributed by atoms with Crippen LogP contribution >= 0.6 is 0 Å². The molecule has 2 heterocycles. The van der Waals surface area contributed by atoms with E-state index in [9.17, 15) is 4.79 Å². The number of aryl methyl sites for hydroxylation is 1. The second-order valence-corrected chi connectivity index (χ2v) is 4.96. The molecule has 1 aromatic carbocycles. The zero-order chi connectivity index (χ0) is 16.2. The maximum absolute atomic E-state index is 10.8. The summed E-state index contributed by atoms with van der Waals surface area (Å²) in [7, 11) is 0. The third-order valence-corrected chi connectivity index (χ3v) is 3.08. The van der Waals surface area contributed by atoms with Crippen molar-refractivity contribution in [2.75, 3.05) is 17.2 Å². The van der Waals surface area contributed by atoms with Crippen LogP contribution in [-0.4, -0.2) is 32.4 Å². The molecule has 0 bridgehead atoms. The predicted octanol–water partition coefficient (Wildman–Crippen LogP) is 1.37. The normalized spacial score (nSPS) is 10.5. The van der Waals surface area contributed by atoms with Crippen molar-refractivity contribution in [2.24, 2.45) is 5.73 Å². The molecule has 0 spiro atoms. The van der Waals surface area contributed by atoms with E-state index >= 15 is 0 Å². The standard InChI is InChI=1S/C15H15N7O/c1-9-3-2-4-10(5-9)21-14-13-11(19-8-20-14)6-17-15(22-13)18-7-12(16)23/h2-6,8H,7H2,1H3,(H2,16,23)(H,17,18,22)(H,19,20,21). The van der Waals surface area contributed by atoms with Crippen molar-refractivity contribution >= 4 is 34.4 Å². The van der Waals surface area contributed by atoms with Gasteiger partial charge in [-0.1, -0.05) is 12.1 Å². The summed E-state index contributed by atoms with van der Waals surface area (Å²) in [6.45, 7) is 1.97. The van der Waals surface area contributed by atoms with Crippen LogP contribution in [0.2, 0.25) is 0 Å². The molecule has 0 aliphatic carbocycles. The molecule has 0 saturated carbocycles. The van der Waals surface area contributed by atoms with Crippen molar-refractivity contribution in [3.05, 3.63) is 42.4 Å². The van der Waals surface area contributed by atoms with Gasteiger partial charge in [0.15, 0.2) is 5.82 Å². The first-order chi connectivity index (χ1) is 11.1. The highest BCUT2D eigenvalue weighted by Crippen LogP contribution is 2.22. The molecular weight excluding hydrogens is 294 g/mol. The lowest BCUT2D eigenvalue weighted by molar-refractivity contribution is -0.116. The van der Waals surface area contributed by atoms with Gasteiger partial charge in [-0.3, -0.25) is 4.79 Å². The fourth-order valence-corrected chi connectivity index (χ4v) is 2.06. The van der Waals surface area contributed by atoms with E-state index in [0.29, 0.717) is 22.8 Å². The number of nitrogens with zero attached hydrogens (tertiary/aromatic N) is 4. The van der Waals surface area contributed by atoms with Crippen molar-refractivity contribution in [1.82, 2.24) is 19.9 Å². The Hall–Kier alpha value is -3.29. The van der Waals surface area contributed by atoms with E-state index in [-0.39, 0.29) is 6.54 Å². The lowest BCUT2D eigenvalue weighted by atomic mass is 10.2. The predicted molar refractivity (Wildman–Crippen MR) is 87.3 cm³/mol. The fourth-order valence-electron chi connectivity index (χ4n) is 2.06. The second kappa shape index (κ2) is 6.22. The van der Waals surface area contributed by atoms with E-state index in [1.54, 1.807) is 6.20 Å². The van der Waals surface area contributed by atoms with Gasteiger partial charge in [0.1, 0.15) is 17.4 Å². The molecule has 3 rings (SSSR count). The number of primary amides is 1. The van der Waals surface area contributed by atoms with Gasteiger partial charge >= 0.3 is 0 Å². The number of hydrogen-bond acceptors (Lipinski definition) is 7. The van der Waals surface area contributed by atoms with Gasteiger partial charge in [-0.2, -0.15) is 0 Å². The number of carbonyl (C=O) groups is 1. The van der Waals surface area contributed by atoms with Crippen molar-refractivity contribution in [3.8, 4) is 0 Å². The van der Waals surface area contributed by atoms with Crippen LogP contribution in [-0.2, 0) is 4.79 Å². The van der Waals surface area contributed by atoms with Gasteiger partial charge in [0.2, 0.25) is 11.9 Å². The number of anilines is 3. The Morgan fingerprint density at radius 1 is 1.26 bits per heavy atom. The first-order valence-corrected chi connectivity index (χ1v) is 6.95. The third-order valence-electron chi connectivity index (χ3n) is 3.08. The van der Waals surface area contributed by atoms with E-state index in [4.69, 9.17) is 5.73 Å². The molecule has 0 fully saturated rings. The third kappa shape index (κ3) is 3.49. The number of carbonyl (C=O) groups excluding carboxylic acids is 1. The highest BCUT2D eigenvalue weighted by molar-refractivity contribution is 5.87. The average molecular weight is 309 g/mol. The minimum absolute atomic E-state index is 0.0418. The highest BCUT2D eigenvalue weighted by atomic mass is 16.1. The van der Waals surface area contributed by atoms with Gasteiger partial charge in [0.05, 0.1) is 12.7 Å². The van der Waals surface area contributed by atoms with Crippen molar-refractivity contribution in [3.63, 3.8) is 0 Å². The lowest BCUT2D eigenvalue weighted by Gasteiger charge is -2.09. The molecule has 0 saturated heterocycles. The maximum Gasteiger partial charge on any atom is 0.236 e. The average Bonchev–Trinajstić information content (AvgIpc) is 2.53. The molecule has 1 amide bonds. The largest absolute Gasteiger partial charge is 0.368 e. The van der Waals surface area contributed by atoms with Gasteiger partial charge in [0.25, 0.3) is 0 Å². The van der Waals surface area contributed by atoms with E-state index in [0.717, 1.165) is 11.3 Å². The molecule has 0 aliphatic heterocycles. The van der Waals surface area contributed by atoms with Gasteiger partial charge in [0, 0.05) is 5.69 Å². The molecule has 0 unspecified atom stereocenters. The number of fused-ring (bicyclic) bond motifs is 1. The minimum Gasteiger partial charge on any atom is -0.368 e. The van der Waals surface area contributed by atoms with Gasteiger partial charge in [-0.05, 0) is 24.6 Å². The van der Waals surface area contributed by atoms with Gasteiger partial charge < -0.3 is 16.4 Å². The summed E-state index contributed by atoms with van der Waals surface area (Å²) < 4.78 is 0. The summed E-state index contributed by atoms with van der Waals surface area (Å²) in [5.74, 6) is 0.361. The van der Waals surface area contributed by atoms with Crippen molar-refractivity contribution in [1.29, 1.82) is 0 Å². The number of amides is 1. The first kappa shape index (κ1) is 14.6. The van der Waals surface area contributed by atoms with Crippen LogP contribution in [0.1, 0.15) is 5.56 Å². The van der Waals surface area contributed by atoms with Gasteiger partial charge in [-0.25, -0.2) is 19.9 Å². The molecule has 4 N–H and O–H groups in total. The number of nitrogens with two attached hydrogens (primary N) is 1. The number of benzene rings is 1. The number of rotatable bonds is 5. The number of hydrogen-bond donors (Lipinski definition) is 3. The van der Waals surface area contributed by atoms with Crippen LogP contribution < -0.4 is 16.4 Å². The molecule has 0 aliphatic rings. The molecule has 3 aromatic rings. The fraction of sp³-hybridized carbons (Fsp3) is 0.133. The van der Waals surface area contributed by atoms with E-state index in [1.165, 1.54) is 6.33 Å². The molecule has 23 heavy (non-hydrogen) atoms. The summed E-state index contributed by atoms with van der Waals surface area (Å²) in [6.07, 6.45) is 3.01. The lowest BCUT2D eigenvalue weighted by Crippen LogP contribution is -2.22. The second-order valence-electron chi connectivity index (χ2n) is 4.96. The summed E-state index contributed by atoms with van der Waals surface area (Å²) in [6, 6.07) is 7.91. The Morgan fingerprint density at radius 3 is 2.91 bits per heavy atom. The summed E-state index contributed by atoms with van der Waals surface area (Å²) in [5, 5.41) is 5.98. The summed E-state index contributed by atoms with van der Waals surface area (Å²) in [4.78, 5) is 27.7. The van der Waals surface area contributed by atoms with E-state index < -0.39 is 5.91 Å². The maximum atomic E-state index is 10.8. The zero-order valence-corrected chi connectivity index (χ0v) is 12.4. The molecule has 0 radical (unpaired) electrons. The number of nitrogens with one attached hydrogen (secondary N) is 2. The Kier molecular flexibility index (Phi) is 3.96. The van der Waals surface area contributed by atoms with Crippen LogP contribution in [0, 0.1) is 6.92 Å². The molecular formula is C15H15N7O.